The van der Waals surface area contributed by atoms with Gasteiger partial charge in [-0.05, 0) is 25.0 Å². The second kappa shape index (κ2) is 5.50. The van der Waals surface area contributed by atoms with Crippen molar-refractivity contribution in [2.45, 2.75) is 20.3 Å². The molecule has 0 aliphatic rings. The van der Waals surface area contributed by atoms with Crippen molar-refractivity contribution in [3.05, 3.63) is 34.1 Å². The van der Waals surface area contributed by atoms with Crippen molar-refractivity contribution in [2.75, 3.05) is 7.11 Å². The highest BCUT2D eigenvalue weighted by Crippen LogP contribution is 2.30. The minimum atomic E-state index is -1.10. The Morgan fingerprint density at radius 3 is 2.75 bits per heavy atom. The van der Waals surface area contributed by atoms with Gasteiger partial charge in [0.15, 0.2) is 5.69 Å². The largest absolute Gasteiger partial charge is 0.494 e. The molecule has 106 valence electrons. The maximum atomic E-state index is 11.1. The SMILES string of the molecule is CCc1c(C(=O)O)nnn1-c1cc(C)c(Cl)cc1OC. The van der Waals surface area contributed by atoms with Gasteiger partial charge in [0.25, 0.3) is 0 Å². The third-order valence-electron chi connectivity index (χ3n) is 2.99. The first-order valence-electron chi connectivity index (χ1n) is 6.02. The summed E-state index contributed by atoms with van der Waals surface area (Å²) in [7, 11) is 1.52. The van der Waals surface area contributed by atoms with Gasteiger partial charge in [0.2, 0.25) is 0 Å². The number of aryl methyl sites for hydroxylation is 1. The van der Waals surface area contributed by atoms with Gasteiger partial charge in [0.05, 0.1) is 12.8 Å². The predicted octanol–water partition coefficient (Wildman–Crippen LogP) is 2.50. The number of benzene rings is 1. The first-order chi connectivity index (χ1) is 9.49. The van der Waals surface area contributed by atoms with Gasteiger partial charge < -0.3 is 9.84 Å². The zero-order chi connectivity index (χ0) is 14.9. The molecule has 1 heterocycles. The lowest BCUT2D eigenvalue weighted by Gasteiger charge is -2.12. The van der Waals surface area contributed by atoms with Crippen LogP contribution in [0.4, 0.5) is 0 Å². The Balaban J connectivity index is 2.68. The molecule has 0 atom stereocenters. The molecule has 20 heavy (non-hydrogen) atoms. The summed E-state index contributed by atoms with van der Waals surface area (Å²) < 4.78 is 6.76. The molecular formula is C13H14ClN3O3. The number of ether oxygens (including phenoxy) is 1. The molecule has 2 aromatic rings. The summed E-state index contributed by atoms with van der Waals surface area (Å²) in [6.45, 7) is 3.70. The fraction of sp³-hybridized carbons (Fsp3) is 0.308. The number of aromatic nitrogens is 3. The minimum absolute atomic E-state index is 0.0536. The van der Waals surface area contributed by atoms with Crippen LogP contribution in [-0.2, 0) is 6.42 Å². The average molecular weight is 296 g/mol. The standard InChI is InChI=1S/C13H14ClN3O3/c1-4-9-12(13(18)19)15-16-17(9)10-5-7(2)8(14)6-11(10)20-3/h5-6H,4H2,1-3H3,(H,18,19). The second-order valence-corrected chi connectivity index (χ2v) is 4.64. The maximum Gasteiger partial charge on any atom is 0.358 e. The summed E-state index contributed by atoms with van der Waals surface area (Å²) in [5.74, 6) is -0.588. The molecule has 0 aliphatic carbocycles. The molecule has 0 saturated heterocycles. The van der Waals surface area contributed by atoms with E-state index in [1.807, 2.05) is 13.8 Å². The summed E-state index contributed by atoms with van der Waals surface area (Å²) in [5, 5.41) is 17.3. The van der Waals surface area contributed by atoms with Crippen molar-refractivity contribution in [3.8, 4) is 11.4 Å². The van der Waals surface area contributed by atoms with Crippen LogP contribution < -0.4 is 4.74 Å². The van der Waals surface area contributed by atoms with Crippen molar-refractivity contribution in [2.24, 2.45) is 0 Å². The van der Waals surface area contributed by atoms with Crippen LogP contribution in [0.5, 0.6) is 5.75 Å². The second-order valence-electron chi connectivity index (χ2n) is 4.23. The topological polar surface area (TPSA) is 77.2 Å². The van der Waals surface area contributed by atoms with Crippen molar-refractivity contribution < 1.29 is 14.6 Å². The van der Waals surface area contributed by atoms with Crippen LogP contribution in [0.15, 0.2) is 12.1 Å². The molecule has 1 aromatic carbocycles. The first-order valence-corrected chi connectivity index (χ1v) is 6.39. The molecule has 2 rings (SSSR count). The lowest BCUT2D eigenvalue weighted by Crippen LogP contribution is -2.07. The van der Waals surface area contributed by atoms with Gasteiger partial charge in [-0.3, -0.25) is 0 Å². The summed E-state index contributed by atoms with van der Waals surface area (Å²) in [5.41, 5.74) is 1.92. The van der Waals surface area contributed by atoms with Crippen molar-refractivity contribution in [1.29, 1.82) is 0 Å². The Morgan fingerprint density at radius 1 is 1.50 bits per heavy atom. The molecule has 0 aliphatic heterocycles. The van der Waals surface area contributed by atoms with Gasteiger partial charge >= 0.3 is 5.97 Å². The number of carboxylic acids is 1. The quantitative estimate of drug-likeness (QED) is 0.937. The van der Waals surface area contributed by atoms with E-state index in [0.717, 1.165) is 5.56 Å². The molecule has 0 radical (unpaired) electrons. The first kappa shape index (κ1) is 14.3. The number of hydrogen-bond donors (Lipinski definition) is 1. The molecule has 7 heteroatoms. The van der Waals surface area contributed by atoms with E-state index >= 15 is 0 Å². The molecule has 0 spiro atoms. The van der Waals surface area contributed by atoms with Gasteiger partial charge in [-0.15, -0.1) is 5.10 Å². The third-order valence-corrected chi connectivity index (χ3v) is 3.40. The smallest absolute Gasteiger partial charge is 0.358 e. The lowest BCUT2D eigenvalue weighted by atomic mass is 10.2. The lowest BCUT2D eigenvalue weighted by molar-refractivity contribution is 0.0689. The number of halogens is 1. The minimum Gasteiger partial charge on any atom is -0.494 e. The summed E-state index contributed by atoms with van der Waals surface area (Å²) in [6.07, 6.45) is 0.486. The zero-order valence-corrected chi connectivity index (χ0v) is 12.1. The Labute approximate surface area is 120 Å². The fourth-order valence-corrected chi connectivity index (χ4v) is 2.11. The van der Waals surface area contributed by atoms with E-state index in [4.69, 9.17) is 21.4 Å². The molecule has 0 saturated carbocycles. The Kier molecular flexibility index (Phi) is 3.94. The van der Waals surface area contributed by atoms with E-state index in [1.165, 1.54) is 11.8 Å². The highest BCUT2D eigenvalue weighted by atomic mass is 35.5. The maximum absolute atomic E-state index is 11.1. The Bertz CT molecular complexity index is 667. The van der Waals surface area contributed by atoms with Crippen LogP contribution in [0.2, 0.25) is 5.02 Å². The zero-order valence-electron chi connectivity index (χ0n) is 11.3. The van der Waals surface area contributed by atoms with E-state index in [-0.39, 0.29) is 5.69 Å². The normalized spacial score (nSPS) is 10.6. The van der Waals surface area contributed by atoms with Crippen LogP contribution >= 0.6 is 11.6 Å². The number of carboxylic acid groups (broad SMARTS) is 1. The summed E-state index contributed by atoms with van der Waals surface area (Å²) in [6, 6.07) is 3.47. The summed E-state index contributed by atoms with van der Waals surface area (Å²) in [4.78, 5) is 11.1. The van der Waals surface area contributed by atoms with E-state index in [2.05, 4.69) is 10.3 Å². The van der Waals surface area contributed by atoms with Crippen molar-refractivity contribution >= 4 is 17.6 Å². The number of methoxy groups -OCH3 is 1. The van der Waals surface area contributed by atoms with Crippen LogP contribution in [-0.4, -0.2) is 33.2 Å². The summed E-state index contributed by atoms with van der Waals surface area (Å²) >= 11 is 6.06. The molecule has 0 amide bonds. The van der Waals surface area contributed by atoms with Crippen LogP contribution in [0.1, 0.15) is 28.7 Å². The van der Waals surface area contributed by atoms with Gasteiger partial charge in [-0.1, -0.05) is 23.7 Å². The molecule has 0 bridgehead atoms. The Hall–Kier alpha value is -2.08. The van der Waals surface area contributed by atoms with E-state index < -0.39 is 5.97 Å². The fourth-order valence-electron chi connectivity index (χ4n) is 1.96. The Morgan fingerprint density at radius 2 is 2.20 bits per heavy atom. The molecule has 1 aromatic heterocycles. The van der Waals surface area contributed by atoms with Crippen LogP contribution in [0.25, 0.3) is 5.69 Å². The molecule has 0 unspecified atom stereocenters. The highest BCUT2D eigenvalue weighted by Gasteiger charge is 2.20. The van der Waals surface area contributed by atoms with Crippen LogP contribution in [0, 0.1) is 6.92 Å². The number of rotatable bonds is 4. The van der Waals surface area contributed by atoms with Crippen molar-refractivity contribution in [3.63, 3.8) is 0 Å². The number of hydrogen-bond acceptors (Lipinski definition) is 4. The molecule has 0 fully saturated rings. The van der Waals surface area contributed by atoms with Gasteiger partial charge in [-0.25, -0.2) is 9.48 Å². The number of nitrogens with zero attached hydrogens (tertiary/aromatic N) is 3. The third kappa shape index (κ3) is 2.34. The van der Waals surface area contributed by atoms with E-state index in [9.17, 15) is 4.79 Å². The molecular weight excluding hydrogens is 282 g/mol. The number of aromatic carboxylic acids is 1. The number of carbonyl (C=O) groups is 1. The predicted molar refractivity (Wildman–Crippen MR) is 74.0 cm³/mol. The highest BCUT2D eigenvalue weighted by molar-refractivity contribution is 6.31. The van der Waals surface area contributed by atoms with Gasteiger partial charge in [0.1, 0.15) is 11.4 Å². The monoisotopic (exact) mass is 295 g/mol. The van der Waals surface area contributed by atoms with E-state index in [1.54, 1.807) is 12.1 Å². The molecule has 6 nitrogen and oxygen atoms in total. The molecule has 1 N–H and O–H groups in total. The van der Waals surface area contributed by atoms with Gasteiger partial charge in [0, 0.05) is 11.1 Å². The van der Waals surface area contributed by atoms with Gasteiger partial charge in [-0.2, -0.15) is 0 Å². The van der Waals surface area contributed by atoms with E-state index in [0.29, 0.717) is 28.6 Å². The average Bonchev–Trinajstić information content (AvgIpc) is 2.85. The van der Waals surface area contributed by atoms with Crippen molar-refractivity contribution in [1.82, 2.24) is 15.0 Å². The van der Waals surface area contributed by atoms with Crippen LogP contribution in [0.3, 0.4) is 0 Å².